The standard InChI is InChI=1S/C11H20O3S/c1-3-7-15(13,14)8-6-11(2)5-4-10(12)9-11/h3-9H2,1-2H3. The first-order valence-corrected chi connectivity index (χ1v) is 7.41. The highest BCUT2D eigenvalue weighted by molar-refractivity contribution is 7.91. The highest BCUT2D eigenvalue weighted by atomic mass is 32.2. The van der Waals surface area contributed by atoms with Crippen molar-refractivity contribution in [1.82, 2.24) is 0 Å². The number of hydrogen-bond acceptors (Lipinski definition) is 3. The molecule has 3 nitrogen and oxygen atoms in total. The van der Waals surface area contributed by atoms with E-state index in [1.54, 1.807) is 0 Å². The molecule has 88 valence electrons. The van der Waals surface area contributed by atoms with Crippen LogP contribution in [0.25, 0.3) is 0 Å². The predicted octanol–water partition coefficient (Wildman–Crippen LogP) is 1.96. The van der Waals surface area contributed by atoms with Crippen molar-refractivity contribution in [3.05, 3.63) is 0 Å². The molecular formula is C11H20O3S. The maximum Gasteiger partial charge on any atom is 0.150 e. The average Bonchev–Trinajstić information content (AvgIpc) is 2.44. The second kappa shape index (κ2) is 4.64. The van der Waals surface area contributed by atoms with Crippen LogP contribution in [0.2, 0.25) is 0 Å². The Hall–Kier alpha value is -0.380. The lowest BCUT2D eigenvalue weighted by Gasteiger charge is -2.21. The maximum absolute atomic E-state index is 11.5. The first kappa shape index (κ1) is 12.7. The topological polar surface area (TPSA) is 51.2 Å². The molecule has 0 amide bonds. The lowest BCUT2D eigenvalue weighted by Crippen LogP contribution is -2.20. The number of sulfone groups is 1. The zero-order valence-corrected chi connectivity index (χ0v) is 10.4. The van der Waals surface area contributed by atoms with Crippen LogP contribution >= 0.6 is 0 Å². The summed E-state index contributed by atoms with van der Waals surface area (Å²) >= 11 is 0. The van der Waals surface area contributed by atoms with Gasteiger partial charge in [0.2, 0.25) is 0 Å². The third-order valence-corrected chi connectivity index (χ3v) is 5.02. The van der Waals surface area contributed by atoms with Gasteiger partial charge >= 0.3 is 0 Å². The molecule has 0 radical (unpaired) electrons. The molecule has 1 fully saturated rings. The van der Waals surface area contributed by atoms with E-state index in [0.717, 1.165) is 6.42 Å². The summed E-state index contributed by atoms with van der Waals surface area (Å²) in [4.78, 5) is 11.2. The molecule has 0 aromatic rings. The minimum absolute atomic E-state index is 0.0576. The smallest absolute Gasteiger partial charge is 0.150 e. The quantitative estimate of drug-likeness (QED) is 0.728. The Morgan fingerprint density at radius 2 is 2.00 bits per heavy atom. The summed E-state index contributed by atoms with van der Waals surface area (Å²) in [5.74, 6) is 0.798. The Labute approximate surface area is 92.2 Å². The Morgan fingerprint density at radius 1 is 1.33 bits per heavy atom. The fraction of sp³-hybridized carbons (Fsp3) is 0.909. The van der Waals surface area contributed by atoms with Gasteiger partial charge in [0.05, 0.1) is 5.75 Å². The summed E-state index contributed by atoms with van der Waals surface area (Å²) in [6.45, 7) is 3.90. The van der Waals surface area contributed by atoms with Gasteiger partial charge in [-0.15, -0.1) is 0 Å². The molecule has 0 aromatic carbocycles. The van der Waals surface area contributed by atoms with Crippen LogP contribution < -0.4 is 0 Å². The molecular weight excluding hydrogens is 212 g/mol. The molecule has 0 aliphatic heterocycles. The molecule has 0 saturated heterocycles. The Morgan fingerprint density at radius 3 is 2.47 bits per heavy atom. The summed E-state index contributed by atoms with van der Waals surface area (Å²) in [5.41, 5.74) is -0.0576. The van der Waals surface area contributed by atoms with Gasteiger partial charge in [-0.05, 0) is 24.7 Å². The zero-order valence-electron chi connectivity index (χ0n) is 9.58. The fourth-order valence-corrected chi connectivity index (χ4v) is 3.75. The van der Waals surface area contributed by atoms with Gasteiger partial charge in [0.25, 0.3) is 0 Å². The van der Waals surface area contributed by atoms with Crippen LogP contribution in [0.4, 0.5) is 0 Å². The normalized spacial score (nSPS) is 27.2. The van der Waals surface area contributed by atoms with E-state index < -0.39 is 9.84 Å². The van der Waals surface area contributed by atoms with Crippen LogP contribution in [0.3, 0.4) is 0 Å². The Bertz CT molecular complexity index is 332. The van der Waals surface area contributed by atoms with Crippen molar-refractivity contribution in [3.8, 4) is 0 Å². The second-order valence-corrected chi connectivity index (χ2v) is 7.23. The zero-order chi connectivity index (χ0) is 11.5. The van der Waals surface area contributed by atoms with Crippen LogP contribution in [-0.2, 0) is 14.6 Å². The summed E-state index contributed by atoms with van der Waals surface area (Å²) in [5, 5.41) is 0. The van der Waals surface area contributed by atoms with Gasteiger partial charge in [0.1, 0.15) is 15.6 Å². The van der Waals surface area contributed by atoms with Crippen LogP contribution in [0, 0.1) is 5.41 Å². The van der Waals surface area contributed by atoms with E-state index in [9.17, 15) is 13.2 Å². The number of Topliss-reactive ketones (excluding diaryl/α,β-unsaturated/α-hetero) is 1. The van der Waals surface area contributed by atoms with E-state index in [1.807, 2.05) is 13.8 Å². The Balaban J connectivity index is 2.46. The van der Waals surface area contributed by atoms with Gasteiger partial charge in [0, 0.05) is 18.6 Å². The summed E-state index contributed by atoms with van der Waals surface area (Å²) in [6.07, 6.45) is 3.37. The minimum atomic E-state index is -2.89. The first-order valence-electron chi connectivity index (χ1n) is 5.59. The van der Waals surface area contributed by atoms with Gasteiger partial charge in [-0.1, -0.05) is 13.8 Å². The SMILES string of the molecule is CCCS(=O)(=O)CCC1(C)CCC(=O)C1. The summed E-state index contributed by atoms with van der Waals surface area (Å²) < 4.78 is 23.1. The molecule has 0 N–H and O–H groups in total. The minimum Gasteiger partial charge on any atom is -0.300 e. The number of carbonyl (C=O) groups excluding carboxylic acids is 1. The van der Waals surface area contributed by atoms with Crippen molar-refractivity contribution in [2.75, 3.05) is 11.5 Å². The van der Waals surface area contributed by atoms with Crippen LogP contribution in [-0.4, -0.2) is 25.7 Å². The van der Waals surface area contributed by atoms with Crippen LogP contribution in [0.15, 0.2) is 0 Å². The molecule has 1 unspecified atom stereocenters. The van der Waals surface area contributed by atoms with E-state index >= 15 is 0 Å². The van der Waals surface area contributed by atoms with E-state index in [0.29, 0.717) is 25.7 Å². The summed E-state index contributed by atoms with van der Waals surface area (Å²) in [7, 11) is -2.89. The van der Waals surface area contributed by atoms with Crippen molar-refractivity contribution in [1.29, 1.82) is 0 Å². The van der Waals surface area contributed by atoms with Crippen molar-refractivity contribution >= 4 is 15.6 Å². The number of carbonyl (C=O) groups is 1. The van der Waals surface area contributed by atoms with Gasteiger partial charge in [-0.25, -0.2) is 8.42 Å². The van der Waals surface area contributed by atoms with Gasteiger partial charge in [0.15, 0.2) is 0 Å². The molecule has 1 aliphatic rings. The van der Waals surface area contributed by atoms with E-state index in [1.165, 1.54) is 0 Å². The van der Waals surface area contributed by atoms with Crippen molar-refractivity contribution in [2.45, 2.75) is 46.0 Å². The second-order valence-electron chi connectivity index (χ2n) is 4.93. The largest absolute Gasteiger partial charge is 0.300 e. The lowest BCUT2D eigenvalue weighted by molar-refractivity contribution is -0.117. The monoisotopic (exact) mass is 232 g/mol. The predicted molar refractivity (Wildman–Crippen MR) is 60.5 cm³/mol. The Kier molecular flexibility index (Phi) is 3.93. The molecule has 0 spiro atoms. The van der Waals surface area contributed by atoms with Crippen LogP contribution in [0.1, 0.15) is 46.0 Å². The molecule has 1 rings (SSSR count). The van der Waals surface area contributed by atoms with E-state index in [4.69, 9.17) is 0 Å². The molecule has 1 aliphatic carbocycles. The first-order chi connectivity index (χ1) is 6.87. The highest BCUT2D eigenvalue weighted by Gasteiger charge is 2.34. The van der Waals surface area contributed by atoms with Gasteiger partial charge in [-0.2, -0.15) is 0 Å². The molecule has 15 heavy (non-hydrogen) atoms. The number of hydrogen-bond donors (Lipinski definition) is 0. The highest BCUT2D eigenvalue weighted by Crippen LogP contribution is 2.38. The third-order valence-electron chi connectivity index (χ3n) is 3.16. The molecule has 0 heterocycles. The third kappa shape index (κ3) is 3.93. The molecule has 4 heteroatoms. The number of ketones is 1. The average molecular weight is 232 g/mol. The van der Waals surface area contributed by atoms with Crippen molar-refractivity contribution in [2.24, 2.45) is 5.41 Å². The maximum atomic E-state index is 11.5. The number of rotatable bonds is 5. The fourth-order valence-electron chi connectivity index (χ4n) is 2.12. The van der Waals surface area contributed by atoms with Crippen molar-refractivity contribution < 1.29 is 13.2 Å². The lowest BCUT2D eigenvalue weighted by atomic mass is 9.86. The van der Waals surface area contributed by atoms with E-state index in [2.05, 4.69) is 0 Å². The summed E-state index contributed by atoms with van der Waals surface area (Å²) in [6, 6.07) is 0. The molecule has 1 saturated carbocycles. The van der Waals surface area contributed by atoms with E-state index in [-0.39, 0.29) is 22.7 Å². The molecule has 0 aromatic heterocycles. The van der Waals surface area contributed by atoms with Gasteiger partial charge < -0.3 is 0 Å². The molecule has 1 atom stereocenters. The van der Waals surface area contributed by atoms with Crippen molar-refractivity contribution in [3.63, 3.8) is 0 Å². The molecule has 0 bridgehead atoms. The van der Waals surface area contributed by atoms with Gasteiger partial charge in [-0.3, -0.25) is 4.79 Å². The van der Waals surface area contributed by atoms with Crippen LogP contribution in [0.5, 0.6) is 0 Å².